The summed E-state index contributed by atoms with van der Waals surface area (Å²) in [5.41, 5.74) is 18.3. The van der Waals surface area contributed by atoms with E-state index in [0.29, 0.717) is 0 Å². The van der Waals surface area contributed by atoms with Crippen LogP contribution in [0.1, 0.15) is 72.3 Å². The number of benzene rings is 4. The van der Waals surface area contributed by atoms with E-state index in [1.54, 1.807) is 0 Å². The van der Waals surface area contributed by atoms with E-state index in [9.17, 15) is 0 Å². The molecule has 0 nitrogen and oxygen atoms in total. The van der Waals surface area contributed by atoms with Crippen molar-refractivity contribution in [2.24, 2.45) is 0 Å². The van der Waals surface area contributed by atoms with Crippen molar-refractivity contribution in [1.29, 1.82) is 0 Å². The lowest BCUT2D eigenvalue weighted by atomic mass is 9.89. The summed E-state index contributed by atoms with van der Waals surface area (Å²) < 4.78 is 0. The summed E-state index contributed by atoms with van der Waals surface area (Å²) in [6.45, 7) is 15.7. The molecule has 0 amide bonds. The molecule has 34 heavy (non-hydrogen) atoms. The van der Waals surface area contributed by atoms with E-state index in [1.165, 1.54) is 72.3 Å². The Kier molecular flexibility index (Phi) is 7.08. The molecule has 4 aromatic rings. The standard InChI is InChI=1S/C34H38/c1-22-11-12-29(17-24(22)3)19-30-13-14-31(25(4)18-30)20-33-15-16-34(28(7)27(33)6)21-32-10-8-9-23(2)26(32)5/h8-18H,19-21H2,1-7H3. The van der Waals surface area contributed by atoms with Gasteiger partial charge in [-0.25, -0.2) is 0 Å². The Morgan fingerprint density at radius 1 is 0.382 bits per heavy atom. The van der Waals surface area contributed by atoms with Gasteiger partial charge in [-0.1, -0.05) is 66.7 Å². The summed E-state index contributed by atoms with van der Waals surface area (Å²) in [4.78, 5) is 0. The number of aryl methyl sites for hydroxylation is 4. The first-order valence-corrected chi connectivity index (χ1v) is 12.5. The molecule has 0 unspecified atom stereocenters. The van der Waals surface area contributed by atoms with Gasteiger partial charge in [-0.2, -0.15) is 0 Å². The highest BCUT2D eigenvalue weighted by Crippen LogP contribution is 2.26. The van der Waals surface area contributed by atoms with E-state index in [4.69, 9.17) is 0 Å². The number of hydrogen-bond donors (Lipinski definition) is 0. The first-order valence-electron chi connectivity index (χ1n) is 12.5. The van der Waals surface area contributed by atoms with Crippen LogP contribution >= 0.6 is 0 Å². The van der Waals surface area contributed by atoms with Crippen LogP contribution in [0.15, 0.2) is 66.7 Å². The average molecular weight is 447 g/mol. The molecule has 4 rings (SSSR count). The van der Waals surface area contributed by atoms with Crippen molar-refractivity contribution in [3.63, 3.8) is 0 Å². The van der Waals surface area contributed by atoms with Gasteiger partial charge in [-0.15, -0.1) is 0 Å². The molecule has 0 aliphatic rings. The van der Waals surface area contributed by atoms with E-state index in [1.807, 2.05) is 0 Å². The molecule has 0 bridgehead atoms. The minimum atomic E-state index is 0.992. The third kappa shape index (κ3) is 5.17. The summed E-state index contributed by atoms with van der Waals surface area (Å²) in [7, 11) is 0. The van der Waals surface area contributed by atoms with Gasteiger partial charge in [0.15, 0.2) is 0 Å². The van der Waals surface area contributed by atoms with Crippen LogP contribution < -0.4 is 0 Å². The molecule has 0 saturated carbocycles. The van der Waals surface area contributed by atoms with Crippen molar-refractivity contribution in [2.75, 3.05) is 0 Å². The van der Waals surface area contributed by atoms with Gasteiger partial charge in [0.25, 0.3) is 0 Å². The van der Waals surface area contributed by atoms with E-state index in [2.05, 4.69) is 115 Å². The maximum absolute atomic E-state index is 2.38. The summed E-state index contributed by atoms with van der Waals surface area (Å²) >= 11 is 0. The third-order valence-corrected chi connectivity index (χ3v) is 7.88. The van der Waals surface area contributed by atoms with Gasteiger partial charge < -0.3 is 0 Å². The number of hydrogen-bond acceptors (Lipinski definition) is 0. The Hall–Kier alpha value is -3.12. The van der Waals surface area contributed by atoms with Crippen molar-refractivity contribution in [1.82, 2.24) is 0 Å². The van der Waals surface area contributed by atoms with Gasteiger partial charge in [0.1, 0.15) is 0 Å². The smallest absolute Gasteiger partial charge is 0.00203 e. The Morgan fingerprint density at radius 3 is 1.53 bits per heavy atom. The van der Waals surface area contributed by atoms with Crippen LogP contribution in [0, 0.1) is 48.5 Å². The van der Waals surface area contributed by atoms with E-state index >= 15 is 0 Å². The maximum Gasteiger partial charge on any atom is -0.00203 e. The maximum atomic E-state index is 2.38. The summed E-state index contributed by atoms with van der Waals surface area (Å²) in [5.74, 6) is 0. The fourth-order valence-electron chi connectivity index (χ4n) is 4.95. The lowest BCUT2D eigenvalue weighted by molar-refractivity contribution is 1.06. The van der Waals surface area contributed by atoms with Gasteiger partial charge in [0, 0.05) is 0 Å². The number of rotatable bonds is 6. The van der Waals surface area contributed by atoms with Crippen molar-refractivity contribution < 1.29 is 0 Å². The van der Waals surface area contributed by atoms with Gasteiger partial charge in [-0.3, -0.25) is 0 Å². The average Bonchev–Trinajstić information content (AvgIpc) is 2.80. The van der Waals surface area contributed by atoms with Crippen LogP contribution in [0.3, 0.4) is 0 Å². The summed E-state index contributed by atoms with van der Waals surface area (Å²) in [5, 5.41) is 0. The highest BCUT2D eigenvalue weighted by atomic mass is 14.2. The van der Waals surface area contributed by atoms with Crippen molar-refractivity contribution in [3.8, 4) is 0 Å². The van der Waals surface area contributed by atoms with Crippen molar-refractivity contribution >= 4 is 0 Å². The molecule has 0 heterocycles. The topological polar surface area (TPSA) is 0 Å². The van der Waals surface area contributed by atoms with Gasteiger partial charge >= 0.3 is 0 Å². The van der Waals surface area contributed by atoms with Crippen LogP contribution in [-0.2, 0) is 19.3 Å². The van der Waals surface area contributed by atoms with Gasteiger partial charge in [0.2, 0.25) is 0 Å². The van der Waals surface area contributed by atoms with Crippen LogP contribution in [-0.4, -0.2) is 0 Å². The monoisotopic (exact) mass is 446 g/mol. The van der Waals surface area contributed by atoms with Crippen molar-refractivity contribution in [3.05, 3.63) is 139 Å². The molecule has 0 N–H and O–H groups in total. The van der Waals surface area contributed by atoms with E-state index in [-0.39, 0.29) is 0 Å². The predicted molar refractivity (Wildman–Crippen MR) is 147 cm³/mol. The van der Waals surface area contributed by atoms with Crippen LogP contribution in [0.4, 0.5) is 0 Å². The highest BCUT2D eigenvalue weighted by Gasteiger charge is 2.11. The molecule has 0 aliphatic heterocycles. The van der Waals surface area contributed by atoms with Gasteiger partial charge in [-0.05, 0) is 140 Å². The van der Waals surface area contributed by atoms with Crippen molar-refractivity contribution in [2.45, 2.75) is 67.7 Å². The molecule has 0 aromatic heterocycles. The molecule has 174 valence electrons. The van der Waals surface area contributed by atoms with Crippen LogP contribution in [0.2, 0.25) is 0 Å². The molecule has 0 aliphatic carbocycles. The third-order valence-electron chi connectivity index (χ3n) is 7.88. The predicted octanol–water partition coefficient (Wildman–Crippen LogP) is 8.62. The van der Waals surface area contributed by atoms with E-state index in [0.717, 1.165) is 19.3 Å². The second-order valence-electron chi connectivity index (χ2n) is 10.2. The SMILES string of the molecule is Cc1ccc(Cc2ccc(Cc3ccc(Cc4cccc(C)c4C)c(C)c3C)c(C)c2)cc1C. The molecule has 4 aromatic carbocycles. The highest BCUT2D eigenvalue weighted by molar-refractivity contribution is 5.46. The summed E-state index contributed by atoms with van der Waals surface area (Å²) in [6, 6.07) is 25.2. The first kappa shape index (κ1) is 24.0. The van der Waals surface area contributed by atoms with Crippen LogP contribution in [0.5, 0.6) is 0 Å². The minimum Gasteiger partial charge on any atom is -0.0617 e. The molecular formula is C34H38. The second-order valence-corrected chi connectivity index (χ2v) is 10.2. The van der Waals surface area contributed by atoms with E-state index < -0.39 is 0 Å². The molecular weight excluding hydrogens is 408 g/mol. The fourth-order valence-corrected chi connectivity index (χ4v) is 4.95. The lowest BCUT2D eigenvalue weighted by Gasteiger charge is -2.16. The second kappa shape index (κ2) is 10.0. The zero-order valence-electron chi connectivity index (χ0n) is 22.0. The largest absolute Gasteiger partial charge is 0.0617 e. The molecule has 0 spiro atoms. The normalized spacial score (nSPS) is 11.1. The Balaban J connectivity index is 1.52. The lowest BCUT2D eigenvalue weighted by Crippen LogP contribution is -2.02. The zero-order chi connectivity index (χ0) is 24.4. The molecule has 0 radical (unpaired) electrons. The minimum absolute atomic E-state index is 0.992. The quantitative estimate of drug-likeness (QED) is 0.278. The summed E-state index contributed by atoms with van der Waals surface area (Å²) in [6.07, 6.45) is 2.99. The fraction of sp³-hybridized carbons (Fsp3) is 0.294. The Labute approximate surface area is 206 Å². The Morgan fingerprint density at radius 2 is 0.912 bits per heavy atom. The van der Waals surface area contributed by atoms with Crippen LogP contribution in [0.25, 0.3) is 0 Å². The molecule has 0 atom stereocenters. The molecule has 0 fully saturated rings. The molecule has 0 heteroatoms. The first-order chi connectivity index (χ1) is 16.2. The molecule has 0 saturated heterocycles. The zero-order valence-corrected chi connectivity index (χ0v) is 22.0. The van der Waals surface area contributed by atoms with Gasteiger partial charge in [0.05, 0.1) is 0 Å². The Bertz CT molecular complexity index is 1340.